The first-order chi connectivity index (χ1) is 11.1. The number of amides is 1. The van der Waals surface area contributed by atoms with E-state index in [2.05, 4.69) is 10.3 Å². The predicted octanol–water partition coefficient (Wildman–Crippen LogP) is 2.43. The van der Waals surface area contributed by atoms with Gasteiger partial charge < -0.3 is 19.7 Å². The molecule has 0 saturated carbocycles. The predicted molar refractivity (Wildman–Crippen MR) is 90.3 cm³/mol. The Morgan fingerprint density at radius 2 is 2.04 bits per heavy atom. The Bertz CT molecular complexity index is 659. The van der Waals surface area contributed by atoms with Crippen molar-refractivity contribution in [2.45, 2.75) is 0 Å². The summed E-state index contributed by atoms with van der Waals surface area (Å²) in [6.07, 6.45) is 1.66. The molecule has 0 aliphatic heterocycles. The van der Waals surface area contributed by atoms with E-state index in [4.69, 9.17) is 9.47 Å². The molecule has 1 amide bonds. The maximum Gasteiger partial charge on any atom is 0.259 e. The zero-order chi connectivity index (χ0) is 16.7. The van der Waals surface area contributed by atoms with Crippen molar-refractivity contribution >= 4 is 17.4 Å². The molecule has 6 heteroatoms. The quantitative estimate of drug-likeness (QED) is 0.795. The fraction of sp³-hybridized carbons (Fsp3) is 0.294. The summed E-state index contributed by atoms with van der Waals surface area (Å²) in [6.45, 7) is 0.972. The minimum atomic E-state index is -0.212. The third-order valence-electron chi connectivity index (χ3n) is 3.10. The van der Waals surface area contributed by atoms with Crippen LogP contribution in [-0.4, -0.2) is 45.3 Å². The second-order valence-corrected chi connectivity index (χ2v) is 5.09. The van der Waals surface area contributed by atoms with Crippen LogP contribution in [0.5, 0.6) is 5.75 Å². The van der Waals surface area contributed by atoms with Gasteiger partial charge in [0, 0.05) is 39.2 Å². The zero-order valence-corrected chi connectivity index (χ0v) is 13.6. The molecule has 0 aliphatic carbocycles. The first-order valence-corrected chi connectivity index (χ1v) is 7.27. The van der Waals surface area contributed by atoms with Crippen LogP contribution >= 0.6 is 0 Å². The second-order valence-electron chi connectivity index (χ2n) is 5.09. The molecular weight excluding hydrogens is 294 g/mol. The van der Waals surface area contributed by atoms with Crippen LogP contribution in [0.2, 0.25) is 0 Å². The molecule has 1 heterocycles. The van der Waals surface area contributed by atoms with Crippen LogP contribution in [0.4, 0.5) is 11.5 Å². The third kappa shape index (κ3) is 4.69. The van der Waals surface area contributed by atoms with E-state index in [0.29, 0.717) is 36.0 Å². The van der Waals surface area contributed by atoms with Gasteiger partial charge in [0.05, 0.1) is 12.2 Å². The van der Waals surface area contributed by atoms with Crippen molar-refractivity contribution < 1.29 is 14.3 Å². The first kappa shape index (κ1) is 16.8. The van der Waals surface area contributed by atoms with E-state index in [9.17, 15) is 4.79 Å². The average molecular weight is 315 g/mol. The van der Waals surface area contributed by atoms with Gasteiger partial charge in [0.1, 0.15) is 18.2 Å². The third-order valence-corrected chi connectivity index (χ3v) is 3.10. The van der Waals surface area contributed by atoms with Gasteiger partial charge in [0.15, 0.2) is 0 Å². The largest absolute Gasteiger partial charge is 0.491 e. The van der Waals surface area contributed by atoms with E-state index in [-0.39, 0.29) is 5.91 Å². The lowest BCUT2D eigenvalue weighted by Crippen LogP contribution is -2.19. The van der Waals surface area contributed by atoms with Gasteiger partial charge in [-0.3, -0.25) is 4.79 Å². The van der Waals surface area contributed by atoms with Gasteiger partial charge in [0.2, 0.25) is 0 Å². The molecule has 0 fully saturated rings. The molecule has 0 bridgehead atoms. The number of pyridine rings is 1. The summed E-state index contributed by atoms with van der Waals surface area (Å²) in [5.74, 6) is 1.09. The van der Waals surface area contributed by atoms with Crippen molar-refractivity contribution in [1.82, 2.24) is 4.98 Å². The Morgan fingerprint density at radius 1 is 1.22 bits per heavy atom. The van der Waals surface area contributed by atoms with Crippen LogP contribution in [0.1, 0.15) is 10.4 Å². The lowest BCUT2D eigenvalue weighted by Gasteiger charge is -2.15. The fourth-order valence-electron chi connectivity index (χ4n) is 2.04. The van der Waals surface area contributed by atoms with Crippen LogP contribution in [0.15, 0.2) is 42.6 Å². The van der Waals surface area contributed by atoms with E-state index in [1.54, 1.807) is 36.4 Å². The fourth-order valence-corrected chi connectivity index (χ4v) is 2.04. The van der Waals surface area contributed by atoms with Gasteiger partial charge in [-0.15, -0.1) is 0 Å². The highest BCUT2D eigenvalue weighted by Gasteiger charge is 2.14. The number of carbonyl (C=O) groups excluding carboxylic acids is 1. The molecule has 1 aromatic heterocycles. The number of nitrogens with one attached hydrogen (secondary N) is 1. The van der Waals surface area contributed by atoms with Crippen molar-refractivity contribution in [1.29, 1.82) is 0 Å². The van der Waals surface area contributed by atoms with Crippen LogP contribution < -0.4 is 15.0 Å². The molecule has 122 valence electrons. The van der Waals surface area contributed by atoms with Crippen molar-refractivity contribution in [3.8, 4) is 5.75 Å². The van der Waals surface area contributed by atoms with Gasteiger partial charge in [-0.05, 0) is 24.3 Å². The number of benzene rings is 1. The summed E-state index contributed by atoms with van der Waals surface area (Å²) in [4.78, 5) is 18.5. The van der Waals surface area contributed by atoms with Gasteiger partial charge in [-0.25, -0.2) is 4.98 Å². The minimum Gasteiger partial charge on any atom is -0.491 e. The number of nitrogens with zero attached hydrogens (tertiary/aromatic N) is 2. The van der Waals surface area contributed by atoms with Crippen LogP contribution in [0.25, 0.3) is 0 Å². The van der Waals surface area contributed by atoms with Crippen molar-refractivity contribution in [3.05, 3.63) is 48.2 Å². The van der Waals surface area contributed by atoms with E-state index in [0.717, 1.165) is 0 Å². The molecule has 2 rings (SSSR count). The molecule has 0 unspecified atom stereocenters. The highest BCUT2D eigenvalue weighted by Crippen LogP contribution is 2.20. The monoisotopic (exact) mass is 315 g/mol. The molecule has 0 atom stereocenters. The summed E-state index contributed by atoms with van der Waals surface area (Å²) in [5.41, 5.74) is 1.18. The lowest BCUT2D eigenvalue weighted by molar-refractivity contribution is 0.102. The topological polar surface area (TPSA) is 63.7 Å². The standard InChI is InChI=1S/C17H21N3O3/c1-20(2)16-15(8-5-9-18-16)17(21)19-13-6-4-7-14(12-13)23-11-10-22-3/h4-9,12H,10-11H2,1-3H3,(H,19,21). The average Bonchev–Trinajstić information content (AvgIpc) is 2.55. The van der Waals surface area contributed by atoms with Crippen molar-refractivity contribution in [2.24, 2.45) is 0 Å². The normalized spacial score (nSPS) is 10.2. The second kappa shape index (κ2) is 8.14. The molecule has 1 N–H and O–H groups in total. The lowest BCUT2D eigenvalue weighted by atomic mass is 10.2. The number of methoxy groups -OCH3 is 1. The Morgan fingerprint density at radius 3 is 2.78 bits per heavy atom. The minimum absolute atomic E-state index is 0.212. The molecule has 1 aromatic carbocycles. The van der Waals surface area contributed by atoms with Gasteiger partial charge in [-0.1, -0.05) is 6.07 Å². The van der Waals surface area contributed by atoms with Crippen LogP contribution in [0.3, 0.4) is 0 Å². The number of anilines is 2. The highest BCUT2D eigenvalue weighted by atomic mass is 16.5. The molecule has 0 saturated heterocycles. The van der Waals surface area contributed by atoms with E-state index < -0.39 is 0 Å². The molecular formula is C17H21N3O3. The van der Waals surface area contributed by atoms with E-state index >= 15 is 0 Å². The number of aromatic nitrogens is 1. The highest BCUT2D eigenvalue weighted by molar-refractivity contribution is 6.07. The summed E-state index contributed by atoms with van der Waals surface area (Å²) in [7, 11) is 5.32. The summed E-state index contributed by atoms with van der Waals surface area (Å²) in [5, 5.41) is 2.87. The number of rotatable bonds is 7. The SMILES string of the molecule is COCCOc1cccc(NC(=O)c2cccnc2N(C)C)c1. The molecule has 6 nitrogen and oxygen atoms in total. The Hall–Kier alpha value is -2.60. The van der Waals surface area contributed by atoms with Gasteiger partial charge in [0.25, 0.3) is 5.91 Å². The van der Waals surface area contributed by atoms with Crippen LogP contribution in [0, 0.1) is 0 Å². The van der Waals surface area contributed by atoms with Crippen molar-refractivity contribution in [2.75, 3.05) is 44.6 Å². The molecule has 0 radical (unpaired) electrons. The molecule has 0 aliphatic rings. The smallest absolute Gasteiger partial charge is 0.259 e. The summed E-state index contributed by atoms with van der Waals surface area (Å²) < 4.78 is 10.5. The Labute approximate surface area is 136 Å². The summed E-state index contributed by atoms with van der Waals surface area (Å²) in [6, 6.07) is 10.7. The maximum atomic E-state index is 12.5. The Balaban J connectivity index is 2.10. The molecule has 0 spiro atoms. The molecule has 23 heavy (non-hydrogen) atoms. The van der Waals surface area contributed by atoms with E-state index in [1.807, 2.05) is 32.3 Å². The van der Waals surface area contributed by atoms with Gasteiger partial charge in [-0.2, -0.15) is 0 Å². The zero-order valence-electron chi connectivity index (χ0n) is 13.6. The number of hydrogen-bond acceptors (Lipinski definition) is 5. The van der Waals surface area contributed by atoms with Crippen molar-refractivity contribution in [3.63, 3.8) is 0 Å². The van der Waals surface area contributed by atoms with Gasteiger partial charge >= 0.3 is 0 Å². The van der Waals surface area contributed by atoms with E-state index in [1.165, 1.54) is 0 Å². The number of hydrogen-bond donors (Lipinski definition) is 1. The van der Waals surface area contributed by atoms with Crippen LogP contribution in [-0.2, 0) is 4.74 Å². The Kier molecular flexibility index (Phi) is 5.94. The maximum absolute atomic E-state index is 12.5. The molecule has 2 aromatic rings. The first-order valence-electron chi connectivity index (χ1n) is 7.27. The number of ether oxygens (including phenoxy) is 2. The summed E-state index contributed by atoms with van der Waals surface area (Å²) >= 11 is 0. The number of carbonyl (C=O) groups is 1.